The highest BCUT2D eigenvalue weighted by Gasteiger charge is 2.16. The molecule has 0 saturated carbocycles. The smallest absolute Gasteiger partial charge is 0.191 e. The second-order valence-electron chi connectivity index (χ2n) is 5.47. The second kappa shape index (κ2) is 7.57. The molecular weight excluding hydrogens is 322 g/mol. The Hall–Kier alpha value is -2.22. The van der Waals surface area contributed by atoms with E-state index in [1.165, 1.54) is 5.56 Å². The minimum atomic E-state index is 0.679. The summed E-state index contributed by atoms with van der Waals surface area (Å²) in [5.41, 5.74) is 2.32. The number of hydrogen-bond donors (Lipinski definition) is 0. The summed E-state index contributed by atoms with van der Waals surface area (Å²) in [4.78, 5) is 0. The maximum Gasteiger partial charge on any atom is 0.191 e. The molecule has 126 valence electrons. The summed E-state index contributed by atoms with van der Waals surface area (Å²) in [6.45, 7) is 7.96. The van der Waals surface area contributed by atoms with Crippen LogP contribution in [0.1, 0.15) is 31.7 Å². The van der Waals surface area contributed by atoms with Gasteiger partial charge in [0.15, 0.2) is 16.8 Å². The Morgan fingerprint density at radius 2 is 1.92 bits per heavy atom. The highest BCUT2D eigenvalue weighted by Crippen LogP contribution is 2.27. The molecular formula is C16H21N7S. The normalized spacial score (nSPS) is 11.1. The number of aromatic nitrogens is 7. The summed E-state index contributed by atoms with van der Waals surface area (Å²) in [6, 6.07) is 8.24. The third kappa shape index (κ3) is 3.33. The van der Waals surface area contributed by atoms with E-state index >= 15 is 0 Å². The molecule has 0 saturated heterocycles. The van der Waals surface area contributed by atoms with Gasteiger partial charge in [0.1, 0.15) is 0 Å². The van der Waals surface area contributed by atoms with Gasteiger partial charge < -0.3 is 4.57 Å². The molecule has 0 unspecified atom stereocenters. The van der Waals surface area contributed by atoms with Crippen LogP contribution in [0.4, 0.5) is 0 Å². The molecule has 0 fully saturated rings. The lowest BCUT2D eigenvalue weighted by molar-refractivity contribution is 0.564. The molecule has 2 aromatic heterocycles. The van der Waals surface area contributed by atoms with Gasteiger partial charge >= 0.3 is 0 Å². The number of aryl methyl sites for hydroxylation is 2. The van der Waals surface area contributed by atoms with E-state index in [-0.39, 0.29) is 0 Å². The standard InChI is InChI=1S/C16H21N7S/c1-4-10-23-14(17-20-21-23)11-24-16-19-18-15(22(16)5-2)13-9-7-6-8-12(13)3/h6-9H,4-5,10-11H2,1-3H3. The lowest BCUT2D eigenvalue weighted by Crippen LogP contribution is -2.05. The van der Waals surface area contributed by atoms with Gasteiger partial charge in [0.05, 0.1) is 5.75 Å². The van der Waals surface area contributed by atoms with Crippen LogP contribution in [-0.4, -0.2) is 35.0 Å². The van der Waals surface area contributed by atoms with E-state index in [0.717, 1.165) is 41.9 Å². The maximum atomic E-state index is 4.41. The van der Waals surface area contributed by atoms with Crippen LogP contribution in [0.5, 0.6) is 0 Å². The average Bonchev–Trinajstić information content (AvgIpc) is 3.20. The van der Waals surface area contributed by atoms with Crippen LogP contribution in [0.3, 0.4) is 0 Å². The number of benzene rings is 1. The third-order valence-corrected chi connectivity index (χ3v) is 4.75. The molecule has 1 aromatic carbocycles. The Morgan fingerprint density at radius 1 is 1.08 bits per heavy atom. The van der Waals surface area contributed by atoms with Gasteiger partial charge in [-0.25, -0.2) is 4.68 Å². The zero-order chi connectivity index (χ0) is 16.9. The van der Waals surface area contributed by atoms with Crippen molar-refractivity contribution in [1.29, 1.82) is 0 Å². The molecule has 24 heavy (non-hydrogen) atoms. The number of rotatable bonds is 7. The topological polar surface area (TPSA) is 74.3 Å². The highest BCUT2D eigenvalue weighted by molar-refractivity contribution is 7.98. The molecule has 0 amide bonds. The van der Waals surface area contributed by atoms with Gasteiger partial charge in [-0.15, -0.1) is 15.3 Å². The van der Waals surface area contributed by atoms with Crippen LogP contribution in [0.2, 0.25) is 0 Å². The predicted molar refractivity (Wildman–Crippen MR) is 93.5 cm³/mol. The quantitative estimate of drug-likeness (QED) is 0.614. The van der Waals surface area contributed by atoms with Gasteiger partial charge in [-0.1, -0.05) is 43.0 Å². The summed E-state index contributed by atoms with van der Waals surface area (Å²) in [5.74, 6) is 2.45. The van der Waals surface area contributed by atoms with E-state index < -0.39 is 0 Å². The van der Waals surface area contributed by atoms with Crippen molar-refractivity contribution in [1.82, 2.24) is 35.0 Å². The van der Waals surface area contributed by atoms with Crippen molar-refractivity contribution < 1.29 is 0 Å². The number of tetrazole rings is 1. The molecule has 0 aliphatic heterocycles. The summed E-state index contributed by atoms with van der Waals surface area (Å²) >= 11 is 1.62. The molecule has 2 heterocycles. The summed E-state index contributed by atoms with van der Waals surface area (Å²) in [7, 11) is 0. The minimum absolute atomic E-state index is 0.679. The van der Waals surface area contributed by atoms with E-state index in [9.17, 15) is 0 Å². The number of nitrogens with zero attached hydrogens (tertiary/aromatic N) is 7. The zero-order valence-electron chi connectivity index (χ0n) is 14.2. The van der Waals surface area contributed by atoms with Crippen molar-refractivity contribution in [3.63, 3.8) is 0 Å². The Labute approximate surface area is 145 Å². The Kier molecular flexibility index (Phi) is 5.24. The lowest BCUT2D eigenvalue weighted by Gasteiger charge is -2.09. The van der Waals surface area contributed by atoms with Gasteiger partial charge in [0, 0.05) is 18.7 Å². The van der Waals surface area contributed by atoms with E-state index in [0.29, 0.717) is 5.75 Å². The molecule has 0 N–H and O–H groups in total. The molecule has 0 bridgehead atoms. The van der Waals surface area contributed by atoms with E-state index in [2.05, 4.69) is 63.2 Å². The molecule has 0 aliphatic rings. The molecule has 7 nitrogen and oxygen atoms in total. The summed E-state index contributed by atoms with van der Waals surface area (Å²) in [6.07, 6.45) is 1.01. The predicted octanol–water partition coefficient (Wildman–Crippen LogP) is 2.96. The fourth-order valence-corrected chi connectivity index (χ4v) is 3.48. The zero-order valence-corrected chi connectivity index (χ0v) is 15.0. The number of hydrogen-bond acceptors (Lipinski definition) is 6. The largest absolute Gasteiger partial charge is 0.302 e. The van der Waals surface area contributed by atoms with Crippen molar-refractivity contribution in [2.24, 2.45) is 0 Å². The molecule has 0 radical (unpaired) electrons. The van der Waals surface area contributed by atoms with Gasteiger partial charge in [-0.2, -0.15) is 0 Å². The maximum absolute atomic E-state index is 4.41. The molecule has 0 spiro atoms. The van der Waals surface area contributed by atoms with Crippen LogP contribution in [0, 0.1) is 6.92 Å². The average molecular weight is 343 g/mol. The molecule has 3 aromatic rings. The summed E-state index contributed by atoms with van der Waals surface area (Å²) < 4.78 is 3.99. The van der Waals surface area contributed by atoms with Crippen LogP contribution in [0.25, 0.3) is 11.4 Å². The van der Waals surface area contributed by atoms with Gasteiger partial charge in [-0.3, -0.25) is 0 Å². The van der Waals surface area contributed by atoms with Crippen molar-refractivity contribution in [3.8, 4) is 11.4 Å². The molecule has 0 aliphatic carbocycles. The fraction of sp³-hybridized carbons (Fsp3) is 0.438. The van der Waals surface area contributed by atoms with Gasteiger partial charge in [0.2, 0.25) is 0 Å². The number of thioether (sulfide) groups is 1. The minimum Gasteiger partial charge on any atom is -0.302 e. The third-order valence-electron chi connectivity index (χ3n) is 3.79. The Bertz CT molecular complexity index is 808. The van der Waals surface area contributed by atoms with Crippen LogP contribution >= 0.6 is 11.8 Å². The Morgan fingerprint density at radius 3 is 2.67 bits per heavy atom. The SMILES string of the molecule is CCCn1nnnc1CSc1nnc(-c2ccccc2C)n1CC. The monoisotopic (exact) mass is 343 g/mol. The lowest BCUT2D eigenvalue weighted by atomic mass is 10.1. The first-order chi connectivity index (χ1) is 11.7. The second-order valence-corrected chi connectivity index (χ2v) is 6.41. The van der Waals surface area contributed by atoms with E-state index in [1.807, 2.05) is 16.8 Å². The Balaban J connectivity index is 1.82. The molecule has 3 rings (SSSR count). The van der Waals surface area contributed by atoms with Gasteiger partial charge in [-0.05, 0) is 36.3 Å². The van der Waals surface area contributed by atoms with Crippen molar-refractivity contribution >= 4 is 11.8 Å². The van der Waals surface area contributed by atoms with E-state index in [1.54, 1.807) is 11.8 Å². The van der Waals surface area contributed by atoms with Gasteiger partial charge in [0.25, 0.3) is 0 Å². The first-order valence-electron chi connectivity index (χ1n) is 8.11. The van der Waals surface area contributed by atoms with Crippen LogP contribution in [0.15, 0.2) is 29.4 Å². The highest BCUT2D eigenvalue weighted by atomic mass is 32.2. The van der Waals surface area contributed by atoms with Crippen LogP contribution in [-0.2, 0) is 18.8 Å². The van der Waals surface area contributed by atoms with E-state index in [4.69, 9.17) is 0 Å². The first-order valence-corrected chi connectivity index (χ1v) is 9.10. The molecule has 8 heteroatoms. The van der Waals surface area contributed by atoms with Crippen molar-refractivity contribution in [3.05, 3.63) is 35.7 Å². The first kappa shape index (κ1) is 16.6. The van der Waals surface area contributed by atoms with Crippen LogP contribution < -0.4 is 0 Å². The van der Waals surface area contributed by atoms with Crippen molar-refractivity contribution in [2.75, 3.05) is 0 Å². The summed E-state index contributed by atoms with van der Waals surface area (Å²) in [5, 5.41) is 21.6. The molecule has 0 atom stereocenters. The fourth-order valence-electron chi connectivity index (χ4n) is 2.54. The van der Waals surface area contributed by atoms with Crippen molar-refractivity contribution in [2.45, 2.75) is 51.2 Å².